The molecule has 0 radical (unpaired) electrons. The number of amides is 1. The van der Waals surface area contributed by atoms with Crippen LogP contribution in [0.25, 0.3) is 0 Å². The molecule has 0 atom stereocenters. The van der Waals surface area contributed by atoms with E-state index < -0.39 is 11.9 Å². The fourth-order valence-corrected chi connectivity index (χ4v) is 1.67. The zero-order valence-corrected chi connectivity index (χ0v) is 8.67. The van der Waals surface area contributed by atoms with Gasteiger partial charge in [-0.1, -0.05) is 6.42 Å². The summed E-state index contributed by atoms with van der Waals surface area (Å²) in [7, 11) is 0. The number of carbonyl (C=O) groups is 1. The number of pyridine rings is 1. The van der Waals surface area contributed by atoms with Crippen LogP contribution in [-0.2, 0) is 4.79 Å². The van der Waals surface area contributed by atoms with Gasteiger partial charge in [0.15, 0.2) is 0 Å². The van der Waals surface area contributed by atoms with E-state index in [2.05, 4.69) is 10.3 Å². The lowest BCUT2D eigenvalue weighted by atomic mass is 9.83. The van der Waals surface area contributed by atoms with Crippen LogP contribution in [0, 0.1) is 17.8 Å². The molecule has 0 saturated heterocycles. The summed E-state index contributed by atoms with van der Waals surface area (Å²) in [5.41, 5.74) is -0.0641. The third-order valence-electron chi connectivity index (χ3n) is 2.79. The Balaban J connectivity index is 1.94. The second kappa shape index (κ2) is 4.55. The van der Waals surface area contributed by atoms with Crippen molar-refractivity contribution in [2.45, 2.75) is 25.7 Å². The van der Waals surface area contributed by atoms with Crippen molar-refractivity contribution < 1.29 is 13.6 Å². The molecule has 1 aromatic rings. The molecule has 16 heavy (non-hydrogen) atoms. The summed E-state index contributed by atoms with van der Waals surface area (Å²) in [6, 6.07) is 2.19. The Kier molecular flexibility index (Phi) is 3.12. The van der Waals surface area contributed by atoms with Gasteiger partial charge in [0.25, 0.3) is 0 Å². The highest BCUT2D eigenvalue weighted by molar-refractivity contribution is 5.90. The maximum Gasteiger partial charge on any atom is 0.239 e. The van der Waals surface area contributed by atoms with Gasteiger partial charge in [0, 0.05) is 6.42 Å². The minimum atomic E-state index is -0.984. The Morgan fingerprint density at radius 3 is 2.75 bits per heavy atom. The lowest BCUT2D eigenvalue weighted by Crippen LogP contribution is -2.21. The third-order valence-corrected chi connectivity index (χ3v) is 2.79. The summed E-state index contributed by atoms with van der Waals surface area (Å²) in [5.74, 6) is -1.70. The minimum Gasteiger partial charge on any atom is -0.322 e. The van der Waals surface area contributed by atoms with E-state index in [4.69, 9.17) is 0 Å². The molecule has 2 rings (SSSR count). The topological polar surface area (TPSA) is 42.0 Å². The van der Waals surface area contributed by atoms with Crippen LogP contribution in [0.1, 0.15) is 25.7 Å². The van der Waals surface area contributed by atoms with Crippen molar-refractivity contribution >= 4 is 11.6 Å². The van der Waals surface area contributed by atoms with Crippen molar-refractivity contribution in [2.75, 3.05) is 5.32 Å². The van der Waals surface area contributed by atoms with Crippen LogP contribution >= 0.6 is 0 Å². The molecule has 1 aliphatic rings. The first-order valence-corrected chi connectivity index (χ1v) is 5.27. The SMILES string of the molecule is O=C(CC1CCC1)Nc1ccc(F)nc1F. The molecule has 3 nitrogen and oxygen atoms in total. The molecule has 1 aromatic heterocycles. The number of rotatable bonds is 3. The van der Waals surface area contributed by atoms with E-state index in [1.54, 1.807) is 0 Å². The Bertz CT molecular complexity index is 405. The highest BCUT2D eigenvalue weighted by atomic mass is 19.1. The molecule has 1 amide bonds. The smallest absolute Gasteiger partial charge is 0.239 e. The van der Waals surface area contributed by atoms with Crippen LogP contribution in [0.3, 0.4) is 0 Å². The summed E-state index contributed by atoms with van der Waals surface area (Å²) >= 11 is 0. The predicted octanol–water partition coefficient (Wildman–Crippen LogP) is 2.49. The number of carbonyl (C=O) groups excluding carboxylic acids is 1. The van der Waals surface area contributed by atoms with Gasteiger partial charge in [0.05, 0.1) is 5.69 Å². The van der Waals surface area contributed by atoms with Gasteiger partial charge in [-0.2, -0.15) is 13.8 Å². The Hall–Kier alpha value is -1.52. The first-order valence-electron chi connectivity index (χ1n) is 5.27. The van der Waals surface area contributed by atoms with Gasteiger partial charge >= 0.3 is 0 Å². The maximum absolute atomic E-state index is 13.1. The second-order valence-corrected chi connectivity index (χ2v) is 4.02. The second-order valence-electron chi connectivity index (χ2n) is 4.02. The minimum absolute atomic E-state index is 0.0641. The van der Waals surface area contributed by atoms with Crippen molar-refractivity contribution in [1.29, 1.82) is 0 Å². The van der Waals surface area contributed by atoms with Gasteiger partial charge in [-0.15, -0.1) is 0 Å². The first-order chi connectivity index (χ1) is 7.65. The third kappa shape index (κ3) is 2.53. The van der Waals surface area contributed by atoms with E-state index in [0.717, 1.165) is 25.3 Å². The van der Waals surface area contributed by atoms with Crippen LogP contribution in [0.2, 0.25) is 0 Å². The lowest BCUT2D eigenvalue weighted by molar-refractivity contribution is -0.117. The van der Waals surface area contributed by atoms with Gasteiger partial charge in [-0.05, 0) is 30.9 Å². The van der Waals surface area contributed by atoms with Crippen LogP contribution in [0.4, 0.5) is 14.5 Å². The number of halogens is 2. The van der Waals surface area contributed by atoms with E-state index in [0.29, 0.717) is 12.3 Å². The normalized spacial score (nSPS) is 15.6. The van der Waals surface area contributed by atoms with Gasteiger partial charge in [-0.25, -0.2) is 0 Å². The van der Waals surface area contributed by atoms with Crippen LogP contribution < -0.4 is 5.32 Å². The molecule has 1 N–H and O–H groups in total. The summed E-state index contributed by atoms with van der Waals surface area (Å²) < 4.78 is 25.6. The quantitative estimate of drug-likeness (QED) is 0.804. The monoisotopic (exact) mass is 226 g/mol. The number of hydrogen-bond donors (Lipinski definition) is 1. The standard InChI is InChI=1S/C11H12F2N2O/c12-9-5-4-8(11(13)15-9)14-10(16)6-7-2-1-3-7/h4-5,7H,1-3,6H2,(H,14,16). The first kappa shape index (κ1) is 11.0. The van der Waals surface area contributed by atoms with Crippen molar-refractivity contribution in [3.8, 4) is 0 Å². The van der Waals surface area contributed by atoms with E-state index in [9.17, 15) is 13.6 Å². The molecule has 0 aliphatic heterocycles. The van der Waals surface area contributed by atoms with Gasteiger partial charge in [-0.3, -0.25) is 4.79 Å². The highest BCUT2D eigenvalue weighted by Crippen LogP contribution is 2.29. The molecule has 0 bridgehead atoms. The Labute approximate surface area is 91.9 Å². The van der Waals surface area contributed by atoms with Crippen molar-refractivity contribution in [3.63, 3.8) is 0 Å². The molecule has 86 valence electrons. The van der Waals surface area contributed by atoms with Crippen LogP contribution in [0.15, 0.2) is 12.1 Å². The summed E-state index contributed by atoms with van der Waals surface area (Å²) in [5, 5.41) is 2.39. The number of anilines is 1. The molecule has 0 aromatic carbocycles. The highest BCUT2D eigenvalue weighted by Gasteiger charge is 2.21. The summed E-state index contributed by atoms with van der Waals surface area (Å²) in [6.45, 7) is 0. The molecule has 1 saturated carbocycles. The fourth-order valence-electron chi connectivity index (χ4n) is 1.67. The van der Waals surface area contributed by atoms with E-state index >= 15 is 0 Å². The summed E-state index contributed by atoms with van der Waals surface area (Å²) in [4.78, 5) is 14.4. The number of nitrogens with zero attached hydrogens (tertiary/aromatic N) is 1. The molecule has 1 fully saturated rings. The van der Waals surface area contributed by atoms with E-state index in [1.807, 2.05) is 0 Å². The van der Waals surface area contributed by atoms with E-state index in [-0.39, 0.29) is 11.6 Å². The number of nitrogens with one attached hydrogen (secondary N) is 1. The fraction of sp³-hybridized carbons (Fsp3) is 0.455. The van der Waals surface area contributed by atoms with Crippen molar-refractivity contribution in [2.24, 2.45) is 5.92 Å². The average molecular weight is 226 g/mol. The largest absolute Gasteiger partial charge is 0.322 e. The van der Waals surface area contributed by atoms with Gasteiger partial charge in [0.2, 0.25) is 17.8 Å². The van der Waals surface area contributed by atoms with Crippen LogP contribution in [0.5, 0.6) is 0 Å². The zero-order chi connectivity index (χ0) is 11.5. The molecule has 5 heteroatoms. The van der Waals surface area contributed by atoms with Gasteiger partial charge < -0.3 is 5.32 Å². The van der Waals surface area contributed by atoms with Crippen molar-refractivity contribution in [3.05, 3.63) is 24.0 Å². The predicted molar refractivity (Wildman–Crippen MR) is 54.7 cm³/mol. The molecule has 0 spiro atoms. The molecule has 0 unspecified atom stereocenters. The van der Waals surface area contributed by atoms with Gasteiger partial charge in [0.1, 0.15) is 0 Å². The van der Waals surface area contributed by atoms with Crippen molar-refractivity contribution in [1.82, 2.24) is 4.98 Å². The number of aromatic nitrogens is 1. The molecular formula is C11H12F2N2O. The molecule has 1 aliphatic carbocycles. The van der Waals surface area contributed by atoms with E-state index in [1.165, 1.54) is 6.07 Å². The number of hydrogen-bond acceptors (Lipinski definition) is 2. The molecular weight excluding hydrogens is 214 g/mol. The molecule has 1 heterocycles. The lowest BCUT2D eigenvalue weighted by Gasteiger charge is -2.24. The average Bonchev–Trinajstić information content (AvgIpc) is 2.16. The maximum atomic E-state index is 13.1. The Morgan fingerprint density at radius 1 is 1.44 bits per heavy atom. The summed E-state index contributed by atoms with van der Waals surface area (Å²) in [6.07, 6.45) is 3.66. The zero-order valence-electron chi connectivity index (χ0n) is 8.67. The Morgan fingerprint density at radius 2 is 2.19 bits per heavy atom. The van der Waals surface area contributed by atoms with Crippen LogP contribution in [-0.4, -0.2) is 10.9 Å².